The van der Waals surface area contributed by atoms with Gasteiger partial charge in [0.1, 0.15) is 0 Å². The van der Waals surface area contributed by atoms with Gasteiger partial charge in [-0.1, -0.05) is 29.8 Å². The lowest BCUT2D eigenvalue weighted by molar-refractivity contribution is -0.142. The van der Waals surface area contributed by atoms with Gasteiger partial charge in [0.05, 0.1) is 5.92 Å². The average Bonchev–Trinajstić information content (AvgIpc) is 2.30. The van der Waals surface area contributed by atoms with Crippen molar-refractivity contribution in [2.24, 2.45) is 5.92 Å². The second-order valence-corrected chi connectivity index (χ2v) is 4.54. The number of hydrogen-bond acceptors (Lipinski definition) is 2. The average molecular weight is 219 g/mol. The molecule has 1 aromatic rings. The molecule has 0 bridgehead atoms. The first-order valence-electron chi connectivity index (χ1n) is 5.67. The first kappa shape index (κ1) is 11.1. The molecule has 1 aromatic carbocycles. The molecule has 3 heteroatoms. The van der Waals surface area contributed by atoms with Crippen molar-refractivity contribution in [2.45, 2.75) is 19.3 Å². The molecule has 1 fully saturated rings. The molecule has 1 saturated heterocycles. The van der Waals surface area contributed by atoms with Gasteiger partial charge >= 0.3 is 5.97 Å². The van der Waals surface area contributed by atoms with E-state index in [9.17, 15) is 4.79 Å². The highest BCUT2D eigenvalue weighted by molar-refractivity contribution is 5.70. The summed E-state index contributed by atoms with van der Waals surface area (Å²) in [5.41, 5.74) is 2.48. The summed E-state index contributed by atoms with van der Waals surface area (Å²) >= 11 is 0. The van der Waals surface area contributed by atoms with E-state index >= 15 is 0 Å². The second-order valence-electron chi connectivity index (χ2n) is 4.54. The van der Waals surface area contributed by atoms with Gasteiger partial charge in [-0.05, 0) is 24.8 Å². The largest absolute Gasteiger partial charge is 0.481 e. The number of carbonyl (C=O) groups is 1. The van der Waals surface area contributed by atoms with Crippen LogP contribution in [-0.4, -0.2) is 24.2 Å². The number of rotatable bonds is 2. The summed E-state index contributed by atoms with van der Waals surface area (Å²) in [5, 5.41) is 12.2. The molecule has 16 heavy (non-hydrogen) atoms. The molecule has 2 N–H and O–H groups in total. The van der Waals surface area contributed by atoms with Gasteiger partial charge in [0.2, 0.25) is 0 Å². The van der Waals surface area contributed by atoms with Crippen molar-refractivity contribution in [3.63, 3.8) is 0 Å². The number of benzene rings is 1. The topological polar surface area (TPSA) is 49.3 Å². The van der Waals surface area contributed by atoms with E-state index < -0.39 is 5.97 Å². The fraction of sp³-hybridized carbons (Fsp3) is 0.462. The molecule has 2 unspecified atom stereocenters. The Balaban J connectivity index is 2.09. The van der Waals surface area contributed by atoms with E-state index in [1.165, 1.54) is 11.1 Å². The van der Waals surface area contributed by atoms with Crippen LogP contribution in [0.25, 0.3) is 0 Å². The lowest BCUT2D eigenvalue weighted by Gasteiger charge is -2.28. The van der Waals surface area contributed by atoms with Gasteiger partial charge < -0.3 is 10.4 Å². The number of carboxylic acid groups (broad SMARTS) is 1. The Morgan fingerprint density at radius 2 is 2.00 bits per heavy atom. The Morgan fingerprint density at radius 1 is 1.31 bits per heavy atom. The molecule has 0 aliphatic carbocycles. The van der Waals surface area contributed by atoms with Crippen LogP contribution >= 0.6 is 0 Å². The minimum Gasteiger partial charge on any atom is -0.481 e. The summed E-state index contributed by atoms with van der Waals surface area (Å²) in [4.78, 5) is 10.9. The third kappa shape index (κ3) is 2.42. The molecular weight excluding hydrogens is 202 g/mol. The first-order valence-corrected chi connectivity index (χ1v) is 5.67. The quantitative estimate of drug-likeness (QED) is 0.797. The Morgan fingerprint density at radius 3 is 2.62 bits per heavy atom. The van der Waals surface area contributed by atoms with Crippen LogP contribution in [0.4, 0.5) is 0 Å². The third-order valence-corrected chi connectivity index (χ3v) is 3.25. The van der Waals surface area contributed by atoms with E-state index in [1.54, 1.807) is 0 Å². The van der Waals surface area contributed by atoms with Crippen molar-refractivity contribution in [1.29, 1.82) is 0 Å². The minimum absolute atomic E-state index is 0.250. The Labute approximate surface area is 95.5 Å². The molecule has 0 aromatic heterocycles. The van der Waals surface area contributed by atoms with E-state index in [0.29, 0.717) is 12.5 Å². The maximum atomic E-state index is 10.9. The first-order chi connectivity index (χ1) is 7.66. The highest BCUT2D eigenvalue weighted by atomic mass is 16.4. The van der Waals surface area contributed by atoms with E-state index in [4.69, 9.17) is 5.11 Å². The number of carboxylic acids is 1. The summed E-state index contributed by atoms with van der Waals surface area (Å²) < 4.78 is 0. The van der Waals surface area contributed by atoms with Crippen LogP contribution < -0.4 is 5.32 Å². The van der Waals surface area contributed by atoms with Gasteiger partial charge in [0.15, 0.2) is 0 Å². The van der Waals surface area contributed by atoms with Crippen molar-refractivity contribution in [1.82, 2.24) is 5.32 Å². The van der Waals surface area contributed by atoms with Crippen LogP contribution in [0, 0.1) is 12.8 Å². The van der Waals surface area contributed by atoms with Crippen molar-refractivity contribution >= 4 is 5.97 Å². The van der Waals surface area contributed by atoms with Gasteiger partial charge in [-0.25, -0.2) is 0 Å². The monoisotopic (exact) mass is 219 g/mol. The zero-order chi connectivity index (χ0) is 11.5. The Bertz CT molecular complexity index is 372. The van der Waals surface area contributed by atoms with Crippen LogP contribution in [-0.2, 0) is 4.79 Å². The normalized spacial score (nSPS) is 25.3. The molecule has 0 amide bonds. The van der Waals surface area contributed by atoms with Gasteiger partial charge in [-0.15, -0.1) is 0 Å². The highest BCUT2D eigenvalue weighted by Gasteiger charge is 2.27. The molecule has 3 nitrogen and oxygen atoms in total. The molecular formula is C13H17NO2. The molecule has 1 heterocycles. The summed E-state index contributed by atoms with van der Waals surface area (Å²) in [6.45, 7) is 3.54. The van der Waals surface area contributed by atoms with Crippen LogP contribution in [0.5, 0.6) is 0 Å². The van der Waals surface area contributed by atoms with Crippen LogP contribution in [0.3, 0.4) is 0 Å². The fourth-order valence-corrected chi connectivity index (χ4v) is 2.22. The van der Waals surface area contributed by atoms with Crippen LogP contribution in [0.1, 0.15) is 23.5 Å². The maximum absolute atomic E-state index is 10.9. The summed E-state index contributed by atoms with van der Waals surface area (Å²) in [6.07, 6.45) is 0.741. The number of piperidine rings is 1. The zero-order valence-electron chi connectivity index (χ0n) is 9.44. The molecule has 1 aliphatic rings. The number of nitrogens with one attached hydrogen (secondary N) is 1. The second kappa shape index (κ2) is 4.66. The van der Waals surface area contributed by atoms with E-state index in [0.717, 1.165) is 13.0 Å². The predicted molar refractivity (Wildman–Crippen MR) is 62.5 cm³/mol. The van der Waals surface area contributed by atoms with E-state index in [-0.39, 0.29) is 5.92 Å². The maximum Gasteiger partial charge on any atom is 0.307 e. The molecule has 86 valence electrons. The minimum atomic E-state index is -0.690. The van der Waals surface area contributed by atoms with Gasteiger partial charge in [0, 0.05) is 13.1 Å². The van der Waals surface area contributed by atoms with Crippen molar-refractivity contribution in [3.8, 4) is 0 Å². The fourth-order valence-electron chi connectivity index (χ4n) is 2.22. The Kier molecular flexibility index (Phi) is 3.25. The standard InChI is InChI=1S/C13H17NO2/c1-9-2-4-10(5-3-9)11-6-12(13(15)16)8-14-7-11/h2-5,11-12,14H,6-8H2,1H3,(H,15,16). The smallest absolute Gasteiger partial charge is 0.307 e. The third-order valence-electron chi connectivity index (χ3n) is 3.25. The summed E-state index contributed by atoms with van der Waals surface area (Å²) in [6, 6.07) is 8.37. The van der Waals surface area contributed by atoms with Gasteiger partial charge in [-0.3, -0.25) is 4.79 Å². The molecule has 0 radical (unpaired) electrons. The van der Waals surface area contributed by atoms with Crippen molar-refractivity contribution in [2.75, 3.05) is 13.1 Å². The molecule has 1 aliphatic heterocycles. The molecule has 0 spiro atoms. The van der Waals surface area contributed by atoms with Crippen molar-refractivity contribution < 1.29 is 9.90 Å². The van der Waals surface area contributed by atoms with Crippen LogP contribution in [0.2, 0.25) is 0 Å². The summed E-state index contributed by atoms with van der Waals surface area (Å²) in [5.74, 6) is -0.611. The SMILES string of the molecule is Cc1ccc(C2CNCC(C(=O)O)C2)cc1. The number of aliphatic carboxylic acids is 1. The van der Waals surface area contributed by atoms with Gasteiger partial charge in [0.25, 0.3) is 0 Å². The summed E-state index contributed by atoms with van der Waals surface area (Å²) in [7, 11) is 0. The van der Waals surface area contributed by atoms with Crippen LogP contribution in [0.15, 0.2) is 24.3 Å². The van der Waals surface area contributed by atoms with Crippen molar-refractivity contribution in [3.05, 3.63) is 35.4 Å². The van der Waals surface area contributed by atoms with E-state index in [1.807, 2.05) is 0 Å². The van der Waals surface area contributed by atoms with E-state index in [2.05, 4.69) is 36.5 Å². The van der Waals surface area contributed by atoms with Gasteiger partial charge in [-0.2, -0.15) is 0 Å². The highest BCUT2D eigenvalue weighted by Crippen LogP contribution is 2.26. The predicted octanol–water partition coefficient (Wildman–Crippen LogP) is 1.77. The lowest BCUT2D eigenvalue weighted by atomic mass is 9.85. The number of hydrogen-bond donors (Lipinski definition) is 2. The number of aryl methyl sites for hydroxylation is 1. The molecule has 0 saturated carbocycles. The Hall–Kier alpha value is -1.35. The lowest BCUT2D eigenvalue weighted by Crippen LogP contribution is -2.38. The molecule has 2 atom stereocenters. The molecule has 2 rings (SSSR count). The zero-order valence-corrected chi connectivity index (χ0v) is 9.44.